The molecule has 3 aromatic carbocycles. The third-order valence-electron chi connectivity index (χ3n) is 5.96. The zero-order chi connectivity index (χ0) is 19.9. The molecule has 28 heavy (non-hydrogen) atoms. The van der Waals surface area contributed by atoms with Crippen LogP contribution in [0.1, 0.15) is 44.4 Å². The van der Waals surface area contributed by atoms with E-state index in [4.69, 9.17) is 0 Å². The zero-order valence-electron chi connectivity index (χ0n) is 17.1. The maximum atomic E-state index is 11.0. The highest BCUT2D eigenvalue weighted by Crippen LogP contribution is 2.51. The van der Waals surface area contributed by atoms with E-state index in [0.717, 1.165) is 0 Å². The predicted octanol–water partition coefficient (Wildman–Crippen LogP) is 5.34. The van der Waals surface area contributed by atoms with Crippen molar-refractivity contribution in [3.63, 3.8) is 0 Å². The molecule has 2 N–H and O–H groups in total. The van der Waals surface area contributed by atoms with Crippen LogP contribution < -0.4 is 5.32 Å². The quantitative estimate of drug-likeness (QED) is 0.648. The molecule has 1 aliphatic carbocycles. The first kappa shape index (κ1) is 18.9. The van der Waals surface area contributed by atoms with Crippen molar-refractivity contribution in [3.05, 3.63) is 95.6 Å². The van der Waals surface area contributed by atoms with Gasteiger partial charge in [-0.05, 0) is 40.2 Å². The van der Waals surface area contributed by atoms with Crippen molar-refractivity contribution in [1.29, 1.82) is 0 Å². The van der Waals surface area contributed by atoms with E-state index in [1.54, 1.807) is 0 Å². The van der Waals surface area contributed by atoms with E-state index in [1.807, 2.05) is 0 Å². The normalized spacial score (nSPS) is 16.9. The van der Waals surface area contributed by atoms with Crippen LogP contribution in [0, 0.1) is 5.41 Å². The van der Waals surface area contributed by atoms with Gasteiger partial charge in [0.15, 0.2) is 0 Å². The Morgan fingerprint density at radius 1 is 0.750 bits per heavy atom. The maximum absolute atomic E-state index is 11.0. The van der Waals surface area contributed by atoms with Crippen molar-refractivity contribution < 1.29 is 5.11 Å². The summed E-state index contributed by atoms with van der Waals surface area (Å²) in [5, 5.41) is 14.9. The minimum Gasteiger partial charge on any atom is -0.391 e. The summed E-state index contributed by atoms with van der Waals surface area (Å²) in [5.74, 6) is 0. The van der Waals surface area contributed by atoms with Crippen LogP contribution in [-0.2, 0) is 5.54 Å². The molecule has 2 nitrogen and oxygen atoms in total. The molecular formula is C26H29NO. The molecule has 0 bridgehead atoms. The lowest BCUT2D eigenvalue weighted by Crippen LogP contribution is -2.54. The number of nitrogens with one attached hydrogen (secondary N) is 1. The topological polar surface area (TPSA) is 32.3 Å². The van der Waals surface area contributed by atoms with Gasteiger partial charge in [-0.15, -0.1) is 0 Å². The minimum absolute atomic E-state index is 0.0978. The summed E-state index contributed by atoms with van der Waals surface area (Å²) in [5.41, 5.74) is 5.51. The van der Waals surface area contributed by atoms with Crippen molar-refractivity contribution in [2.45, 2.75) is 45.4 Å². The summed E-state index contributed by atoms with van der Waals surface area (Å²) in [6.07, 6.45) is -0.479. The van der Waals surface area contributed by atoms with Crippen molar-refractivity contribution in [3.8, 4) is 11.1 Å². The van der Waals surface area contributed by atoms with Crippen molar-refractivity contribution in [1.82, 2.24) is 5.32 Å². The van der Waals surface area contributed by atoms with Crippen molar-refractivity contribution in [2.75, 3.05) is 0 Å². The smallest absolute Gasteiger partial charge is 0.0962 e. The number of benzene rings is 3. The number of rotatable bonds is 4. The van der Waals surface area contributed by atoms with E-state index in [2.05, 4.69) is 112 Å². The molecule has 1 aliphatic rings. The minimum atomic E-state index is -0.486. The molecule has 0 unspecified atom stereocenters. The second-order valence-corrected chi connectivity index (χ2v) is 8.95. The molecule has 0 saturated heterocycles. The Kier molecular flexibility index (Phi) is 4.65. The molecule has 2 heteroatoms. The molecule has 144 valence electrons. The van der Waals surface area contributed by atoms with Crippen LogP contribution in [0.3, 0.4) is 0 Å². The molecule has 3 aromatic rings. The van der Waals surface area contributed by atoms with Crippen LogP contribution in [0.5, 0.6) is 0 Å². The Hall–Kier alpha value is -2.42. The molecule has 0 aliphatic heterocycles. The Bertz CT molecular complexity index is 925. The van der Waals surface area contributed by atoms with Gasteiger partial charge in [-0.3, -0.25) is 5.32 Å². The largest absolute Gasteiger partial charge is 0.391 e. The summed E-state index contributed by atoms with van der Waals surface area (Å²) < 4.78 is 0. The van der Waals surface area contributed by atoms with E-state index in [9.17, 15) is 5.11 Å². The zero-order valence-corrected chi connectivity index (χ0v) is 17.1. The van der Waals surface area contributed by atoms with Crippen molar-refractivity contribution >= 4 is 0 Å². The fraction of sp³-hybridized carbons (Fsp3) is 0.308. The molecule has 0 aromatic heterocycles. The fourth-order valence-corrected chi connectivity index (χ4v) is 4.64. The molecule has 0 heterocycles. The van der Waals surface area contributed by atoms with Crippen LogP contribution in [0.4, 0.5) is 0 Å². The Morgan fingerprint density at radius 3 is 1.71 bits per heavy atom. The van der Waals surface area contributed by atoms with Crippen molar-refractivity contribution in [2.24, 2.45) is 5.41 Å². The van der Waals surface area contributed by atoms with Gasteiger partial charge in [0.1, 0.15) is 0 Å². The first-order chi connectivity index (χ1) is 13.4. The summed E-state index contributed by atoms with van der Waals surface area (Å²) >= 11 is 0. The van der Waals surface area contributed by atoms with Gasteiger partial charge in [0.25, 0.3) is 0 Å². The number of fused-ring (bicyclic) bond motifs is 3. The van der Waals surface area contributed by atoms with E-state index >= 15 is 0 Å². The third kappa shape index (κ3) is 2.88. The van der Waals surface area contributed by atoms with Crippen LogP contribution in [0.2, 0.25) is 0 Å². The highest BCUT2D eigenvalue weighted by Gasteiger charge is 2.46. The average molecular weight is 372 g/mol. The monoisotopic (exact) mass is 371 g/mol. The first-order valence-corrected chi connectivity index (χ1v) is 10.1. The predicted molar refractivity (Wildman–Crippen MR) is 116 cm³/mol. The van der Waals surface area contributed by atoms with Crippen LogP contribution >= 0.6 is 0 Å². The first-order valence-electron chi connectivity index (χ1n) is 10.1. The molecule has 0 saturated carbocycles. The molecule has 2 atom stereocenters. The standard InChI is InChI=1S/C26H29NO/c1-18(24(28)25(2,3)4)27-26(19-12-6-5-7-13-19)22-16-10-8-14-20(22)21-15-9-11-17-23(21)26/h5-18,24,27-28H,1-4H3/t18-,24+/m0/s1. The summed E-state index contributed by atoms with van der Waals surface area (Å²) in [4.78, 5) is 0. The van der Waals surface area contributed by atoms with E-state index in [0.29, 0.717) is 0 Å². The van der Waals surface area contributed by atoms with Crippen LogP contribution in [0.15, 0.2) is 78.9 Å². The summed E-state index contributed by atoms with van der Waals surface area (Å²) in [6.45, 7) is 8.34. The molecule has 0 amide bonds. The van der Waals surface area contributed by atoms with E-state index in [1.165, 1.54) is 27.8 Å². The maximum Gasteiger partial charge on any atom is 0.0962 e. The number of hydrogen-bond acceptors (Lipinski definition) is 2. The van der Waals surface area contributed by atoms with Gasteiger partial charge >= 0.3 is 0 Å². The lowest BCUT2D eigenvalue weighted by atomic mass is 9.78. The lowest BCUT2D eigenvalue weighted by Gasteiger charge is -2.41. The summed E-state index contributed by atoms with van der Waals surface area (Å²) in [6, 6.07) is 27.7. The van der Waals surface area contributed by atoms with Crippen LogP contribution in [-0.4, -0.2) is 17.3 Å². The second-order valence-electron chi connectivity index (χ2n) is 8.95. The SMILES string of the molecule is C[C@H](NC1(c2ccccc2)c2ccccc2-c2ccccc21)[C@@H](O)C(C)(C)C. The number of aliphatic hydroxyl groups is 1. The lowest BCUT2D eigenvalue weighted by molar-refractivity contribution is 0.0283. The second kappa shape index (κ2) is 6.88. The Morgan fingerprint density at radius 2 is 1.21 bits per heavy atom. The number of hydrogen-bond donors (Lipinski definition) is 2. The van der Waals surface area contributed by atoms with Gasteiger partial charge in [-0.1, -0.05) is 99.6 Å². The van der Waals surface area contributed by atoms with Gasteiger partial charge in [0, 0.05) is 6.04 Å². The van der Waals surface area contributed by atoms with Gasteiger partial charge in [0.2, 0.25) is 0 Å². The van der Waals surface area contributed by atoms with Gasteiger partial charge < -0.3 is 5.11 Å². The highest BCUT2D eigenvalue weighted by molar-refractivity contribution is 5.83. The van der Waals surface area contributed by atoms with E-state index < -0.39 is 11.6 Å². The Balaban J connectivity index is 1.96. The van der Waals surface area contributed by atoms with Gasteiger partial charge in [-0.2, -0.15) is 0 Å². The fourth-order valence-electron chi connectivity index (χ4n) is 4.64. The highest BCUT2D eigenvalue weighted by atomic mass is 16.3. The summed E-state index contributed by atoms with van der Waals surface area (Å²) in [7, 11) is 0. The molecule has 0 spiro atoms. The van der Waals surface area contributed by atoms with Gasteiger partial charge in [-0.25, -0.2) is 0 Å². The Labute approximate surface area is 168 Å². The average Bonchev–Trinajstić information content (AvgIpc) is 2.99. The number of aliphatic hydroxyl groups excluding tert-OH is 1. The molecule has 0 fully saturated rings. The molecular weight excluding hydrogens is 342 g/mol. The molecule has 0 radical (unpaired) electrons. The van der Waals surface area contributed by atoms with E-state index in [-0.39, 0.29) is 11.5 Å². The van der Waals surface area contributed by atoms with Crippen LogP contribution in [0.25, 0.3) is 11.1 Å². The van der Waals surface area contributed by atoms with Gasteiger partial charge in [0.05, 0.1) is 11.6 Å². The molecule has 4 rings (SSSR count). The third-order valence-corrected chi connectivity index (χ3v) is 5.96.